The van der Waals surface area contributed by atoms with Crippen molar-refractivity contribution in [3.8, 4) is 0 Å². The van der Waals surface area contributed by atoms with Crippen LogP contribution in [-0.2, 0) is 10.0 Å². The maximum absolute atomic E-state index is 12.3. The number of nitrogens with two attached hydrogens (primary N) is 1. The molecule has 0 spiro atoms. The van der Waals surface area contributed by atoms with Gasteiger partial charge in [0, 0.05) is 12.2 Å². The van der Waals surface area contributed by atoms with Crippen LogP contribution in [0.2, 0.25) is 0 Å². The van der Waals surface area contributed by atoms with Gasteiger partial charge in [-0.1, -0.05) is 0 Å². The van der Waals surface area contributed by atoms with Crippen LogP contribution < -0.4 is 10.5 Å². The lowest BCUT2D eigenvalue weighted by Gasteiger charge is -2.16. The first-order valence-electron chi connectivity index (χ1n) is 7.33. The number of benzene rings is 1. The van der Waals surface area contributed by atoms with E-state index in [4.69, 9.17) is 5.73 Å². The number of nitrogens with one attached hydrogen (secondary N) is 1. The first-order chi connectivity index (χ1) is 9.47. The van der Waals surface area contributed by atoms with Crippen molar-refractivity contribution in [1.29, 1.82) is 0 Å². The van der Waals surface area contributed by atoms with Gasteiger partial charge in [-0.25, -0.2) is 13.1 Å². The average Bonchev–Trinajstić information content (AvgIpc) is 3.25. The van der Waals surface area contributed by atoms with Gasteiger partial charge in [-0.15, -0.1) is 0 Å². The van der Waals surface area contributed by atoms with Crippen LogP contribution in [0.5, 0.6) is 0 Å². The minimum absolute atomic E-state index is 0.314. The number of hydrogen-bond donors (Lipinski definition) is 2. The highest BCUT2D eigenvalue weighted by molar-refractivity contribution is 7.89. The Hall–Kier alpha value is -1.07. The van der Waals surface area contributed by atoms with Gasteiger partial charge in [0.2, 0.25) is 10.0 Å². The smallest absolute Gasteiger partial charge is 0.240 e. The Bertz CT molecular complexity index is 592. The molecule has 0 atom stereocenters. The number of hydrogen-bond acceptors (Lipinski definition) is 3. The molecule has 2 saturated carbocycles. The third-order valence-corrected chi connectivity index (χ3v) is 5.94. The van der Waals surface area contributed by atoms with Gasteiger partial charge in [-0.3, -0.25) is 0 Å². The Morgan fingerprint density at radius 2 is 1.85 bits per heavy atom. The van der Waals surface area contributed by atoms with E-state index < -0.39 is 10.0 Å². The van der Waals surface area contributed by atoms with Crippen molar-refractivity contribution >= 4 is 15.7 Å². The van der Waals surface area contributed by atoms with E-state index in [2.05, 4.69) is 4.72 Å². The minimum atomic E-state index is -3.41. The van der Waals surface area contributed by atoms with Crippen molar-refractivity contribution < 1.29 is 8.42 Å². The van der Waals surface area contributed by atoms with Gasteiger partial charge < -0.3 is 5.73 Å². The second-order valence-electron chi connectivity index (χ2n) is 6.21. The summed E-state index contributed by atoms with van der Waals surface area (Å²) in [5.74, 6) is 2.04. The van der Waals surface area contributed by atoms with Crippen molar-refractivity contribution in [3.05, 3.63) is 23.8 Å². The minimum Gasteiger partial charge on any atom is -0.399 e. The van der Waals surface area contributed by atoms with Gasteiger partial charge in [0.05, 0.1) is 4.90 Å². The molecule has 20 heavy (non-hydrogen) atoms. The fourth-order valence-electron chi connectivity index (χ4n) is 2.87. The third-order valence-electron chi connectivity index (χ3n) is 4.52. The zero-order valence-corrected chi connectivity index (χ0v) is 12.6. The van der Waals surface area contributed by atoms with Crippen molar-refractivity contribution in [2.75, 3.05) is 12.3 Å². The molecule has 0 amide bonds. The van der Waals surface area contributed by atoms with Crippen molar-refractivity contribution in [2.45, 2.75) is 37.5 Å². The van der Waals surface area contributed by atoms with E-state index in [-0.39, 0.29) is 0 Å². The average molecular weight is 294 g/mol. The van der Waals surface area contributed by atoms with Gasteiger partial charge in [0.15, 0.2) is 0 Å². The van der Waals surface area contributed by atoms with Gasteiger partial charge in [0.1, 0.15) is 0 Å². The Morgan fingerprint density at radius 1 is 1.25 bits per heavy atom. The van der Waals surface area contributed by atoms with E-state index in [1.54, 1.807) is 18.2 Å². The molecular weight excluding hydrogens is 272 g/mol. The summed E-state index contributed by atoms with van der Waals surface area (Å²) in [6, 6.07) is 4.87. The predicted molar refractivity (Wildman–Crippen MR) is 79.7 cm³/mol. The van der Waals surface area contributed by atoms with Crippen LogP contribution in [0.25, 0.3) is 0 Å². The highest BCUT2D eigenvalue weighted by Gasteiger charge is 2.41. The lowest BCUT2D eigenvalue weighted by atomic mass is 9.99. The molecule has 110 valence electrons. The number of nitrogen functional groups attached to an aromatic ring is 1. The summed E-state index contributed by atoms with van der Waals surface area (Å²) in [5, 5.41) is 0. The van der Waals surface area contributed by atoms with Gasteiger partial charge in [-0.2, -0.15) is 0 Å². The van der Waals surface area contributed by atoms with Gasteiger partial charge in [0.25, 0.3) is 0 Å². The summed E-state index contributed by atoms with van der Waals surface area (Å²) in [6.07, 6.45) is 5.07. The van der Waals surface area contributed by atoms with Crippen LogP contribution in [0.4, 0.5) is 5.69 Å². The van der Waals surface area contributed by atoms with Crippen LogP contribution in [-0.4, -0.2) is 15.0 Å². The molecule has 3 N–H and O–H groups in total. The van der Waals surface area contributed by atoms with Gasteiger partial charge >= 0.3 is 0 Å². The molecule has 1 aromatic rings. The lowest BCUT2D eigenvalue weighted by molar-refractivity contribution is 0.401. The summed E-state index contributed by atoms with van der Waals surface area (Å²) >= 11 is 0. The second kappa shape index (κ2) is 5.04. The van der Waals surface area contributed by atoms with Gasteiger partial charge in [-0.05, 0) is 74.1 Å². The molecule has 5 heteroatoms. The van der Waals surface area contributed by atoms with Crippen LogP contribution in [0.1, 0.15) is 31.2 Å². The lowest BCUT2D eigenvalue weighted by Crippen LogP contribution is -2.31. The van der Waals surface area contributed by atoms with E-state index in [9.17, 15) is 8.42 Å². The summed E-state index contributed by atoms with van der Waals surface area (Å²) in [7, 11) is -3.41. The van der Waals surface area contributed by atoms with Crippen molar-refractivity contribution in [2.24, 2.45) is 17.8 Å². The van der Waals surface area contributed by atoms with E-state index >= 15 is 0 Å². The highest BCUT2D eigenvalue weighted by Crippen LogP contribution is 2.48. The number of anilines is 1. The molecular formula is C15H22N2O2S. The van der Waals surface area contributed by atoms with Crippen LogP contribution in [0.3, 0.4) is 0 Å². The molecule has 1 aromatic carbocycles. The quantitative estimate of drug-likeness (QED) is 0.791. The number of aryl methyl sites for hydroxylation is 1. The molecule has 0 heterocycles. The Labute approximate surface area is 120 Å². The largest absolute Gasteiger partial charge is 0.399 e. The molecule has 0 aliphatic heterocycles. The van der Waals surface area contributed by atoms with Crippen LogP contribution in [0, 0.1) is 24.7 Å². The molecule has 0 aromatic heterocycles. The normalized spacial score (nSPS) is 19.5. The molecule has 0 saturated heterocycles. The first kappa shape index (κ1) is 13.9. The third kappa shape index (κ3) is 2.99. The van der Waals surface area contributed by atoms with Crippen molar-refractivity contribution in [3.63, 3.8) is 0 Å². The second-order valence-corrected chi connectivity index (χ2v) is 7.98. The van der Waals surface area contributed by atoms with E-state index in [0.29, 0.717) is 23.0 Å². The Morgan fingerprint density at radius 3 is 2.35 bits per heavy atom. The SMILES string of the molecule is Cc1cc(S(=O)(=O)NCC(C2CC2)C2CC2)ccc1N. The maximum Gasteiger partial charge on any atom is 0.240 e. The monoisotopic (exact) mass is 294 g/mol. The van der Waals surface area contributed by atoms with Crippen molar-refractivity contribution in [1.82, 2.24) is 4.72 Å². The zero-order chi connectivity index (χ0) is 14.3. The van der Waals surface area contributed by atoms with Crippen LogP contribution >= 0.6 is 0 Å². The Balaban J connectivity index is 1.69. The topological polar surface area (TPSA) is 72.2 Å². The summed E-state index contributed by atoms with van der Waals surface area (Å²) < 4.78 is 27.5. The highest BCUT2D eigenvalue weighted by atomic mass is 32.2. The number of sulfonamides is 1. The Kier molecular flexibility index (Phi) is 3.50. The van der Waals surface area contributed by atoms with E-state index in [1.807, 2.05) is 6.92 Å². The standard InChI is InChI=1S/C15H22N2O2S/c1-10-8-13(6-7-15(10)16)20(18,19)17-9-14(11-2-3-11)12-4-5-12/h6-8,11-12,14,17H,2-5,9,16H2,1H3. The molecule has 2 aliphatic rings. The predicted octanol–water partition coefficient (Wildman–Crippen LogP) is 2.29. The molecule has 2 aliphatic carbocycles. The summed E-state index contributed by atoms with van der Waals surface area (Å²) in [5.41, 5.74) is 7.16. The molecule has 2 fully saturated rings. The summed E-state index contributed by atoms with van der Waals surface area (Å²) in [6.45, 7) is 2.41. The zero-order valence-electron chi connectivity index (χ0n) is 11.8. The molecule has 0 radical (unpaired) electrons. The van der Waals surface area contributed by atoms with Crippen LogP contribution in [0.15, 0.2) is 23.1 Å². The molecule has 4 nitrogen and oxygen atoms in total. The first-order valence-corrected chi connectivity index (χ1v) is 8.81. The van der Waals surface area contributed by atoms with E-state index in [1.165, 1.54) is 25.7 Å². The number of rotatable bonds is 6. The maximum atomic E-state index is 12.3. The molecule has 3 rings (SSSR count). The fraction of sp³-hybridized carbons (Fsp3) is 0.600. The molecule has 0 bridgehead atoms. The fourth-order valence-corrected chi connectivity index (χ4v) is 4.03. The molecule has 0 unspecified atom stereocenters. The summed E-state index contributed by atoms with van der Waals surface area (Å²) in [4.78, 5) is 0.314. The van der Waals surface area contributed by atoms with E-state index in [0.717, 1.165) is 17.4 Å².